The molecule has 2 N–H and O–H groups in total. The summed E-state index contributed by atoms with van der Waals surface area (Å²) in [5, 5.41) is 1.38. The number of hydrogen-bond donors (Lipinski definition) is 1. The summed E-state index contributed by atoms with van der Waals surface area (Å²) >= 11 is 0. The monoisotopic (exact) mass is 214 g/mol. The van der Waals surface area contributed by atoms with Gasteiger partial charge in [0, 0.05) is 30.1 Å². The van der Waals surface area contributed by atoms with Crippen molar-refractivity contribution in [3.8, 4) is 0 Å². The van der Waals surface area contributed by atoms with Gasteiger partial charge in [-0.15, -0.1) is 0 Å². The molecular weight excluding hydrogens is 196 g/mol. The van der Waals surface area contributed by atoms with E-state index in [1.807, 2.05) is 0 Å². The van der Waals surface area contributed by atoms with Gasteiger partial charge < -0.3 is 10.3 Å². The van der Waals surface area contributed by atoms with E-state index in [9.17, 15) is 0 Å². The molecule has 1 aromatic heterocycles. The van der Waals surface area contributed by atoms with Crippen molar-refractivity contribution in [2.45, 2.75) is 18.8 Å². The Labute approximate surface area is 96.1 Å². The molecule has 0 bridgehead atoms. The summed E-state index contributed by atoms with van der Waals surface area (Å²) in [7, 11) is 2.12. The van der Waals surface area contributed by atoms with Crippen LogP contribution >= 0.6 is 0 Å². The van der Waals surface area contributed by atoms with Crippen LogP contribution in [0.25, 0.3) is 10.9 Å². The van der Waals surface area contributed by atoms with Gasteiger partial charge in [-0.2, -0.15) is 0 Å². The van der Waals surface area contributed by atoms with Crippen molar-refractivity contribution >= 4 is 10.9 Å². The van der Waals surface area contributed by atoms with Crippen molar-refractivity contribution < 1.29 is 0 Å². The first kappa shape index (κ1) is 9.91. The molecule has 2 nitrogen and oxygen atoms in total. The Morgan fingerprint density at radius 1 is 1.38 bits per heavy atom. The number of fused-ring (bicyclic) bond motifs is 1. The molecule has 1 aliphatic carbocycles. The Balaban J connectivity index is 2.15. The minimum Gasteiger partial charge on any atom is -0.350 e. The smallest absolute Gasteiger partial charge is 0.0480 e. The van der Waals surface area contributed by atoms with Crippen LogP contribution in [0.1, 0.15) is 24.3 Å². The molecule has 1 heterocycles. The van der Waals surface area contributed by atoms with Gasteiger partial charge in [-0.25, -0.2) is 0 Å². The quantitative estimate of drug-likeness (QED) is 0.836. The van der Waals surface area contributed by atoms with Gasteiger partial charge in [-0.1, -0.05) is 18.2 Å². The summed E-state index contributed by atoms with van der Waals surface area (Å²) in [6, 6.07) is 8.61. The predicted molar refractivity (Wildman–Crippen MR) is 67.4 cm³/mol. The van der Waals surface area contributed by atoms with E-state index in [2.05, 4.69) is 42.1 Å². The summed E-state index contributed by atoms with van der Waals surface area (Å²) in [6.45, 7) is 0.776. The first-order chi connectivity index (χ1) is 7.81. The highest BCUT2D eigenvalue weighted by Gasteiger charge is 2.32. The SMILES string of the molecule is Cn1cc(C(CN)C2CC2)c2ccccc21. The van der Waals surface area contributed by atoms with Gasteiger partial charge in [0.05, 0.1) is 0 Å². The third-order valence-electron chi connectivity index (χ3n) is 3.77. The number of aromatic nitrogens is 1. The van der Waals surface area contributed by atoms with E-state index < -0.39 is 0 Å². The molecule has 84 valence electrons. The van der Waals surface area contributed by atoms with Gasteiger partial charge in [0.25, 0.3) is 0 Å². The van der Waals surface area contributed by atoms with E-state index in [1.165, 1.54) is 29.3 Å². The molecule has 16 heavy (non-hydrogen) atoms. The first-order valence-electron chi connectivity index (χ1n) is 6.05. The lowest BCUT2D eigenvalue weighted by Crippen LogP contribution is -2.14. The molecule has 2 aromatic rings. The second-order valence-corrected chi connectivity index (χ2v) is 4.89. The van der Waals surface area contributed by atoms with Crippen molar-refractivity contribution in [2.24, 2.45) is 18.7 Å². The number of benzene rings is 1. The molecule has 0 spiro atoms. The Kier molecular flexibility index (Phi) is 2.25. The van der Waals surface area contributed by atoms with Gasteiger partial charge in [-0.05, 0) is 36.9 Å². The molecule has 1 aliphatic rings. The second-order valence-electron chi connectivity index (χ2n) is 4.89. The first-order valence-corrected chi connectivity index (χ1v) is 6.05. The Hall–Kier alpha value is -1.28. The number of hydrogen-bond acceptors (Lipinski definition) is 1. The van der Waals surface area contributed by atoms with Crippen LogP contribution in [0, 0.1) is 5.92 Å². The van der Waals surface area contributed by atoms with Crippen molar-refractivity contribution in [1.29, 1.82) is 0 Å². The number of aryl methyl sites for hydroxylation is 1. The van der Waals surface area contributed by atoms with Crippen LogP contribution in [0.15, 0.2) is 30.5 Å². The van der Waals surface area contributed by atoms with Crippen LogP contribution in [-0.4, -0.2) is 11.1 Å². The second kappa shape index (κ2) is 3.63. The largest absolute Gasteiger partial charge is 0.350 e. The van der Waals surface area contributed by atoms with Gasteiger partial charge in [0.1, 0.15) is 0 Å². The maximum atomic E-state index is 5.94. The van der Waals surface area contributed by atoms with Crippen LogP contribution in [-0.2, 0) is 7.05 Å². The average molecular weight is 214 g/mol. The molecule has 1 atom stereocenters. The van der Waals surface area contributed by atoms with Crippen LogP contribution in [0.3, 0.4) is 0 Å². The molecule has 1 unspecified atom stereocenters. The Bertz CT molecular complexity index is 508. The zero-order chi connectivity index (χ0) is 11.1. The fourth-order valence-electron chi connectivity index (χ4n) is 2.74. The van der Waals surface area contributed by atoms with Crippen molar-refractivity contribution in [2.75, 3.05) is 6.54 Å². The minimum absolute atomic E-state index is 0.561. The molecule has 1 saturated carbocycles. The number of rotatable bonds is 3. The highest BCUT2D eigenvalue weighted by Crippen LogP contribution is 2.44. The van der Waals surface area contributed by atoms with Crippen LogP contribution in [0.2, 0.25) is 0 Å². The molecule has 2 heteroatoms. The maximum Gasteiger partial charge on any atom is 0.0480 e. The van der Waals surface area contributed by atoms with E-state index in [0.717, 1.165) is 12.5 Å². The van der Waals surface area contributed by atoms with E-state index in [1.54, 1.807) is 0 Å². The third-order valence-corrected chi connectivity index (χ3v) is 3.77. The molecule has 3 rings (SSSR count). The lowest BCUT2D eigenvalue weighted by molar-refractivity contribution is 0.618. The normalized spacial score (nSPS) is 17.9. The van der Waals surface area contributed by atoms with Crippen molar-refractivity contribution in [1.82, 2.24) is 4.57 Å². The van der Waals surface area contributed by atoms with Crippen molar-refractivity contribution in [3.63, 3.8) is 0 Å². The molecular formula is C14H18N2. The van der Waals surface area contributed by atoms with E-state index in [0.29, 0.717) is 5.92 Å². The van der Waals surface area contributed by atoms with Crippen molar-refractivity contribution in [3.05, 3.63) is 36.0 Å². The lowest BCUT2D eigenvalue weighted by atomic mass is 9.94. The van der Waals surface area contributed by atoms with Gasteiger partial charge in [0.2, 0.25) is 0 Å². The van der Waals surface area contributed by atoms with E-state index >= 15 is 0 Å². The summed E-state index contributed by atoms with van der Waals surface area (Å²) in [5.41, 5.74) is 8.70. The number of nitrogens with zero attached hydrogens (tertiary/aromatic N) is 1. The van der Waals surface area contributed by atoms with Crippen LogP contribution in [0.4, 0.5) is 0 Å². The molecule has 0 radical (unpaired) electrons. The third kappa shape index (κ3) is 1.45. The molecule has 0 amide bonds. The van der Waals surface area contributed by atoms with Gasteiger partial charge in [0.15, 0.2) is 0 Å². The summed E-state index contributed by atoms with van der Waals surface area (Å²) in [4.78, 5) is 0. The molecule has 1 fully saturated rings. The highest BCUT2D eigenvalue weighted by molar-refractivity contribution is 5.84. The fourth-order valence-corrected chi connectivity index (χ4v) is 2.74. The lowest BCUT2D eigenvalue weighted by Gasteiger charge is -2.12. The molecule has 0 saturated heterocycles. The standard InChI is InChI=1S/C14H18N2/c1-16-9-13(12(8-15)10-6-7-10)11-4-2-3-5-14(11)16/h2-5,9-10,12H,6-8,15H2,1H3. The number of para-hydroxylation sites is 1. The summed E-state index contributed by atoms with van der Waals surface area (Å²) in [5.74, 6) is 1.39. The van der Waals surface area contributed by atoms with Crippen LogP contribution < -0.4 is 5.73 Å². The molecule has 1 aromatic carbocycles. The average Bonchev–Trinajstić information content (AvgIpc) is 3.08. The topological polar surface area (TPSA) is 30.9 Å². The van der Waals surface area contributed by atoms with E-state index in [-0.39, 0.29) is 0 Å². The fraction of sp³-hybridized carbons (Fsp3) is 0.429. The zero-order valence-corrected chi connectivity index (χ0v) is 9.69. The van der Waals surface area contributed by atoms with E-state index in [4.69, 9.17) is 5.73 Å². The predicted octanol–water partition coefficient (Wildman–Crippen LogP) is 2.63. The highest BCUT2D eigenvalue weighted by atomic mass is 14.9. The summed E-state index contributed by atoms with van der Waals surface area (Å²) in [6.07, 6.45) is 4.97. The zero-order valence-electron chi connectivity index (χ0n) is 9.69. The molecule has 0 aliphatic heterocycles. The maximum absolute atomic E-state index is 5.94. The number of nitrogens with two attached hydrogens (primary N) is 1. The Morgan fingerprint density at radius 3 is 2.81 bits per heavy atom. The van der Waals surface area contributed by atoms with Gasteiger partial charge in [-0.3, -0.25) is 0 Å². The Morgan fingerprint density at radius 2 is 2.12 bits per heavy atom. The van der Waals surface area contributed by atoms with Gasteiger partial charge >= 0.3 is 0 Å². The summed E-state index contributed by atoms with van der Waals surface area (Å²) < 4.78 is 2.22. The van der Waals surface area contributed by atoms with Crippen LogP contribution in [0.5, 0.6) is 0 Å². The minimum atomic E-state index is 0.561.